The quantitative estimate of drug-likeness (QED) is 0.680. The molecule has 1 aliphatic rings. The average Bonchev–Trinajstić information content (AvgIpc) is 3.13. The zero-order valence-electron chi connectivity index (χ0n) is 12.9. The second-order valence-electron chi connectivity index (χ2n) is 5.71. The van der Waals surface area contributed by atoms with E-state index in [0.29, 0.717) is 18.3 Å². The summed E-state index contributed by atoms with van der Waals surface area (Å²) in [6.45, 7) is 1.89. The van der Waals surface area contributed by atoms with Crippen molar-refractivity contribution in [2.45, 2.75) is 57.5 Å². The van der Waals surface area contributed by atoms with Gasteiger partial charge in [-0.25, -0.2) is 4.68 Å². The topological polar surface area (TPSA) is 96.3 Å². The van der Waals surface area contributed by atoms with Gasteiger partial charge in [-0.05, 0) is 19.3 Å². The van der Waals surface area contributed by atoms with E-state index in [0.717, 1.165) is 19.3 Å². The molecule has 1 aromatic rings. The number of nitrogens with one attached hydrogen (secondary N) is 2. The van der Waals surface area contributed by atoms with E-state index in [2.05, 4.69) is 15.7 Å². The fourth-order valence-corrected chi connectivity index (χ4v) is 2.86. The molecule has 1 heterocycles. The number of hydrogen-bond donors (Lipinski definition) is 3. The molecule has 0 saturated heterocycles. The number of carboxylic acid groups (broad SMARTS) is 1. The Hall–Kier alpha value is -1.89. The lowest BCUT2D eigenvalue weighted by molar-refractivity contribution is -0.139. The third kappa shape index (κ3) is 4.30. The molecule has 0 aromatic carbocycles. The van der Waals surface area contributed by atoms with Gasteiger partial charge in [0.2, 0.25) is 5.91 Å². The van der Waals surface area contributed by atoms with E-state index in [-0.39, 0.29) is 12.5 Å². The first kappa shape index (κ1) is 16.5. The molecule has 0 spiro atoms. The summed E-state index contributed by atoms with van der Waals surface area (Å²) in [4.78, 5) is 23.0. The van der Waals surface area contributed by atoms with Crippen molar-refractivity contribution in [3.63, 3.8) is 0 Å². The van der Waals surface area contributed by atoms with Gasteiger partial charge >= 0.3 is 5.97 Å². The number of carbonyl (C=O) groups excluding carboxylic acids is 1. The van der Waals surface area contributed by atoms with Crippen LogP contribution >= 0.6 is 0 Å². The van der Waals surface area contributed by atoms with Gasteiger partial charge in [0.1, 0.15) is 11.9 Å². The molecule has 7 nitrogen and oxygen atoms in total. The van der Waals surface area contributed by atoms with Crippen LogP contribution in [0.5, 0.6) is 0 Å². The minimum Gasteiger partial charge on any atom is -0.480 e. The Morgan fingerprint density at radius 1 is 1.45 bits per heavy atom. The molecule has 7 heteroatoms. The largest absolute Gasteiger partial charge is 0.480 e. The minimum absolute atomic E-state index is 0.0210. The van der Waals surface area contributed by atoms with E-state index < -0.39 is 12.0 Å². The number of rotatable bonds is 8. The second kappa shape index (κ2) is 7.93. The molecule has 3 N–H and O–H groups in total. The van der Waals surface area contributed by atoms with Crippen LogP contribution < -0.4 is 10.6 Å². The van der Waals surface area contributed by atoms with Crippen LogP contribution in [0.4, 0.5) is 5.82 Å². The van der Waals surface area contributed by atoms with Crippen molar-refractivity contribution in [3.8, 4) is 0 Å². The molecule has 0 radical (unpaired) electrons. The van der Waals surface area contributed by atoms with Crippen LogP contribution in [0.2, 0.25) is 0 Å². The Morgan fingerprint density at radius 2 is 2.18 bits per heavy atom. The highest BCUT2D eigenvalue weighted by atomic mass is 16.4. The predicted octanol–water partition coefficient (Wildman–Crippen LogP) is 1.78. The van der Waals surface area contributed by atoms with Gasteiger partial charge in [-0.15, -0.1) is 0 Å². The highest BCUT2D eigenvalue weighted by molar-refractivity contribution is 5.91. The maximum atomic E-state index is 12.0. The maximum Gasteiger partial charge on any atom is 0.320 e. The monoisotopic (exact) mass is 308 g/mol. The van der Waals surface area contributed by atoms with Crippen molar-refractivity contribution in [2.24, 2.45) is 0 Å². The molecule has 122 valence electrons. The third-order valence-corrected chi connectivity index (χ3v) is 3.99. The molecule has 0 aliphatic heterocycles. The van der Waals surface area contributed by atoms with E-state index >= 15 is 0 Å². The summed E-state index contributed by atoms with van der Waals surface area (Å²) >= 11 is 0. The van der Waals surface area contributed by atoms with Gasteiger partial charge in [0.05, 0.1) is 18.8 Å². The van der Waals surface area contributed by atoms with Crippen LogP contribution in [0.25, 0.3) is 0 Å². The summed E-state index contributed by atoms with van der Waals surface area (Å²) in [6, 6.07) is 1.44. The van der Waals surface area contributed by atoms with Crippen LogP contribution in [0, 0.1) is 0 Å². The Kier molecular flexibility index (Phi) is 5.94. The van der Waals surface area contributed by atoms with Crippen LogP contribution in [0.15, 0.2) is 12.3 Å². The summed E-state index contributed by atoms with van der Waals surface area (Å²) in [5, 5.41) is 18.9. The lowest BCUT2D eigenvalue weighted by atomic mass is 10.2. The highest BCUT2D eigenvalue weighted by Crippen LogP contribution is 2.31. The summed E-state index contributed by atoms with van der Waals surface area (Å²) < 4.78 is 1.87. The van der Waals surface area contributed by atoms with E-state index in [1.54, 1.807) is 12.3 Å². The highest BCUT2D eigenvalue weighted by Gasteiger charge is 2.21. The lowest BCUT2D eigenvalue weighted by Crippen LogP contribution is -2.41. The van der Waals surface area contributed by atoms with E-state index in [9.17, 15) is 9.59 Å². The first-order valence-electron chi connectivity index (χ1n) is 7.91. The SMILES string of the molecule is CCCC(NCC(=O)Nc1ccnn1C1CCCC1)C(=O)O. The van der Waals surface area contributed by atoms with Crippen molar-refractivity contribution >= 4 is 17.7 Å². The van der Waals surface area contributed by atoms with Gasteiger partial charge in [-0.2, -0.15) is 5.10 Å². The molecule has 1 amide bonds. The number of hydrogen-bond acceptors (Lipinski definition) is 4. The van der Waals surface area contributed by atoms with Crippen molar-refractivity contribution in [2.75, 3.05) is 11.9 Å². The first-order valence-corrected chi connectivity index (χ1v) is 7.91. The summed E-state index contributed by atoms with van der Waals surface area (Å²) in [5.41, 5.74) is 0. The second-order valence-corrected chi connectivity index (χ2v) is 5.71. The fourth-order valence-electron chi connectivity index (χ4n) is 2.86. The van der Waals surface area contributed by atoms with Gasteiger partial charge in [0, 0.05) is 6.07 Å². The molecule has 0 bridgehead atoms. The smallest absolute Gasteiger partial charge is 0.320 e. The predicted molar refractivity (Wildman–Crippen MR) is 82.7 cm³/mol. The number of anilines is 1. The van der Waals surface area contributed by atoms with Gasteiger partial charge < -0.3 is 10.4 Å². The van der Waals surface area contributed by atoms with Crippen LogP contribution in [-0.2, 0) is 9.59 Å². The number of aromatic nitrogens is 2. The fraction of sp³-hybridized carbons (Fsp3) is 0.667. The minimum atomic E-state index is -0.925. The summed E-state index contributed by atoms with van der Waals surface area (Å²) in [6.07, 6.45) is 7.48. The zero-order chi connectivity index (χ0) is 15.9. The Balaban J connectivity index is 1.87. The molecule has 1 unspecified atom stereocenters. The molecule has 1 aliphatic carbocycles. The van der Waals surface area contributed by atoms with Crippen LogP contribution in [0.1, 0.15) is 51.5 Å². The summed E-state index contributed by atoms with van der Waals surface area (Å²) in [7, 11) is 0. The number of carbonyl (C=O) groups is 2. The standard InChI is InChI=1S/C15H24N4O3/c1-2-5-12(15(21)22)16-10-14(20)18-13-8-9-17-19(13)11-6-3-4-7-11/h8-9,11-12,16H,2-7,10H2,1H3,(H,18,20)(H,21,22). The van der Waals surface area contributed by atoms with Crippen molar-refractivity contribution < 1.29 is 14.7 Å². The van der Waals surface area contributed by atoms with E-state index in [4.69, 9.17) is 5.11 Å². The molecule has 1 saturated carbocycles. The van der Waals surface area contributed by atoms with Crippen LogP contribution in [-0.4, -0.2) is 39.4 Å². The first-order chi connectivity index (χ1) is 10.6. The van der Waals surface area contributed by atoms with Gasteiger partial charge in [0.15, 0.2) is 0 Å². The Morgan fingerprint density at radius 3 is 2.82 bits per heavy atom. The van der Waals surface area contributed by atoms with E-state index in [1.807, 2.05) is 11.6 Å². The van der Waals surface area contributed by atoms with Gasteiger partial charge in [-0.1, -0.05) is 26.2 Å². The van der Waals surface area contributed by atoms with Crippen molar-refractivity contribution in [3.05, 3.63) is 12.3 Å². The number of amides is 1. The molecular weight excluding hydrogens is 284 g/mol. The van der Waals surface area contributed by atoms with Crippen molar-refractivity contribution in [1.29, 1.82) is 0 Å². The third-order valence-electron chi connectivity index (χ3n) is 3.99. The summed E-state index contributed by atoms with van der Waals surface area (Å²) in [5.74, 6) is -0.492. The van der Waals surface area contributed by atoms with Crippen LogP contribution in [0.3, 0.4) is 0 Å². The lowest BCUT2D eigenvalue weighted by Gasteiger charge is -2.16. The van der Waals surface area contributed by atoms with Crippen molar-refractivity contribution in [1.82, 2.24) is 15.1 Å². The molecule has 1 aromatic heterocycles. The molecule has 2 rings (SSSR count). The zero-order valence-corrected chi connectivity index (χ0v) is 12.9. The van der Waals surface area contributed by atoms with E-state index in [1.165, 1.54) is 12.8 Å². The maximum absolute atomic E-state index is 12.0. The Labute approximate surface area is 130 Å². The number of carboxylic acids is 1. The van der Waals surface area contributed by atoms with Gasteiger partial charge in [-0.3, -0.25) is 14.9 Å². The number of nitrogens with zero attached hydrogens (tertiary/aromatic N) is 2. The molecular formula is C15H24N4O3. The average molecular weight is 308 g/mol. The molecule has 1 atom stereocenters. The molecule has 1 fully saturated rings. The number of aliphatic carboxylic acids is 1. The van der Waals surface area contributed by atoms with Gasteiger partial charge in [0.25, 0.3) is 0 Å². The normalized spacial score (nSPS) is 16.6. The Bertz CT molecular complexity index is 509. The molecule has 22 heavy (non-hydrogen) atoms.